The number of carbonyl (C=O) groups is 3. The number of ether oxygens (including phenoxy) is 2. The van der Waals surface area contributed by atoms with Crippen LogP contribution in [0.25, 0.3) is 0 Å². The number of amides is 2. The van der Waals surface area contributed by atoms with Gasteiger partial charge in [-0.05, 0) is 44.4 Å². The molecule has 204 valence electrons. The number of nitrogens with one attached hydrogen (secondary N) is 2. The second-order valence-corrected chi connectivity index (χ2v) is 9.96. The standard InChI is InChI=1S/C32H36N2O5/c1-5-38-29(36)22-21-27(33-30(37)39-31(2,3)4)23-28(35)34-32(24-15-9-6-10-16-24,25-17-11-7-12-18-25)26-19-13-8-14-20-26/h6-22,27H,5,23H2,1-4H3,(H,33,37)(H,34,35)/b22-21+/t27-/m0/s1. The van der Waals surface area contributed by atoms with Crippen LogP contribution in [0, 0.1) is 0 Å². The topological polar surface area (TPSA) is 93.7 Å². The van der Waals surface area contributed by atoms with Crippen LogP contribution >= 0.6 is 0 Å². The van der Waals surface area contributed by atoms with Crippen LogP contribution in [0.15, 0.2) is 103 Å². The minimum Gasteiger partial charge on any atom is -0.463 e. The summed E-state index contributed by atoms with van der Waals surface area (Å²) in [4.78, 5) is 38.3. The number of hydrogen-bond donors (Lipinski definition) is 2. The Morgan fingerprint density at radius 1 is 0.795 bits per heavy atom. The predicted octanol–water partition coefficient (Wildman–Crippen LogP) is 5.50. The lowest BCUT2D eigenvalue weighted by Crippen LogP contribution is -2.49. The first kappa shape index (κ1) is 29.2. The zero-order valence-electron chi connectivity index (χ0n) is 22.8. The third-order valence-corrected chi connectivity index (χ3v) is 5.81. The van der Waals surface area contributed by atoms with E-state index in [1.165, 1.54) is 12.2 Å². The Morgan fingerprint density at radius 2 is 1.26 bits per heavy atom. The van der Waals surface area contributed by atoms with Crippen LogP contribution in [-0.4, -0.2) is 36.2 Å². The maximum atomic E-state index is 13.8. The molecule has 3 rings (SSSR count). The van der Waals surface area contributed by atoms with Gasteiger partial charge in [0.2, 0.25) is 5.91 Å². The highest BCUT2D eigenvalue weighted by Crippen LogP contribution is 2.36. The summed E-state index contributed by atoms with van der Waals surface area (Å²) >= 11 is 0. The Balaban J connectivity index is 2.00. The number of benzene rings is 3. The summed E-state index contributed by atoms with van der Waals surface area (Å²) in [5.74, 6) is -0.915. The first-order chi connectivity index (χ1) is 18.6. The second kappa shape index (κ2) is 13.4. The van der Waals surface area contributed by atoms with Gasteiger partial charge in [0.1, 0.15) is 11.1 Å². The first-order valence-electron chi connectivity index (χ1n) is 13.0. The van der Waals surface area contributed by atoms with Crippen LogP contribution in [0.1, 0.15) is 50.8 Å². The summed E-state index contributed by atoms with van der Waals surface area (Å²) in [5.41, 5.74) is 0.867. The molecule has 0 spiro atoms. The molecule has 1 atom stereocenters. The van der Waals surface area contributed by atoms with Gasteiger partial charge >= 0.3 is 12.1 Å². The molecule has 0 aliphatic rings. The number of carbonyl (C=O) groups excluding carboxylic acids is 3. The van der Waals surface area contributed by atoms with Crippen LogP contribution in [0.4, 0.5) is 4.79 Å². The molecule has 0 fully saturated rings. The Morgan fingerprint density at radius 3 is 1.67 bits per heavy atom. The quantitative estimate of drug-likeness (QED) is 0.206. The van der Waals surface area contributed by atoms with Gasteiger partial charge in [-0.15, -0.1) is 0 Å². The van der Waals surface area contributed by atoms with Gasteiger partial charge in [-0.2, -0.15) is 0 Å². The molecule has 0 aliphatic carbocycles. The van der Waals surface area contributed by atoms with Crippen molar-refractivity contribution in [3.05, 3.63) is 120 Å². The van der Waals surface area contributed by atoms with Crippen molar-refractivity contribution in [2.24, 2.45) is 0 Å². The molecule has 3 aromatic carbocycles. The van der Waals surface area contributed by atoms with E-state index in [0.29, 0.717) is 0 Å². The van der Waals surface area contributed by atoms with Crippen molar-refractivity contribution in [2.75, 3.05) is 6.61 Å². The van der Waals surface area contributed by atoms with Gasteiger partial charge in [0.15, 0.2) is 0 Å². The monoisotopic (exact) mass is 528 g/mol. The molecule has 7 heteroatoms. The van der Waals surface area contributed by atoms with Gasteiger partial charge < -0.3 is 20.1 Å². The molecule has 39 heavy (non-hydrogen) atoms. The van der Waals surface area contributed by atoms with Gasteiger partial charge in [0.25, 0.3) is 0 Å². The maximum absolute atomic E-state index is 13.8. The van der Waals surface area contributed by atoms with E-state index >= 15 is 0 Å². The maximum Gasteiger partial charge on any atom is 0.408 e. The van der Waals surface area contributed by atoms with Crippen molar-refractivity contribution in [3.8, 4) is 0 Å². The third kappa shape index (κ3) is 8.30. The van der Waals surface area contributed by atoms with Gasteiger partial charge in [-0.25, -0.2) is 9.59 Å². The Hall–Kier alpha value is -4.39. The van der Waals surface area contributed by atoms with Crippen molar-refractivity contribution >= 4 is 18.0 Å². The summed E-state index contributed by atoms with van der Waals surface area (Å²) in [7, 11) is 0. The zero-order valence-corrected chi connectivity index (χ0v) is 22.8. The van der Waals surface area contributed by atoms with Crippen LogP contribution in [0.5, 0.6) is 0 Å². The summed E-state index contributed by atoms with van der Waals surface area (Å²) in [6.07, 6.45) is 1.80. The first-order valence-corrected chi connectivity index (χ1v) is 13.0. The van der Waals surface area contributed by atoms with E-state index in [4.69, 9.17) is 9.47 Å². The zero-order chi connectivity index (χ0) is 28.3. The van der Waals surface area contributed by atoms with E-state index < -0.39 is 29.2 Å². The number of esters is 1. The fourth-order valence-corrected chi connectivity index (χ4v) is 4.25. The van der Waals surface area contributed by atoms with Gasteiger partial charge in [0, 0.05) is 6.08 Å². The molecule has 0 aliphatic heterocycles. The van der Waals surface area contributed by atoms with Gasteiger partial charge in [-0.3, -0.25) is 4.79 Å². The van der Waals surface area contributed by atoms with Crippen molar-refractivity contribution in [1.82, 2.24) is 10.6 Å². The van der Waals surface area contributed by atoms with Crippen molar-refractivity contribution in [1.29, 1.82) is 0 Å². The lowest BCUT2D eigenvalue weighted by atomic mass is 9.77. The van der Waals surface area contributed by atoms with E-state index in [0.717, 1.165) is 16.7 Å². The van der Waals surface area contributed by atoms with Crippen LogP contribution in [-0.2, 0) is 24.6 Å². The lowest BCUT2D eigenvalue weighted by Gasteiger charge is -2.37. The van der Waals surface area contributed by atoms with Gasteiger partial charge in [-0.1, -0.05) is 97.1 Å². The number of rotatable bonds is 10. The molecule has 0 unspecified atom stereocenters. The summed E-state index contributed by atoms with van der Waals surface area (Å²) in [6, 6.07) is 28.3. The Kier molecular flexibility index (Phi) is 10.0. The summed E-state index contributed by atoms with van der Waals surface area (Å²) < 4.78 is 10.3. The average Bonchev–Trinajstić information content (AvgIpc) is 2.91. The van der Waals surface area contributed by atoms with E-state index in [2.05, 4.69) is 10.6 Å². The largest absolute Gasteiger partial charge is 0.463 e. The smallest absolute Gasteiger partial charge is 0.408 e. The molecule has 0 heterocycles. The molecule has 0 saturated heterocycles. The number of alkyl carbamates (subject to hydrolysis) is 1. The minimum atomic E-state index is -1.01. The van der Waals surface area contributed by atoms with E-state index in [1.54, 1.807) is 27.7 Å². The number of hydrogen-bond acceptors (Lipinski definition) is 5. The van der Waals surface area contributed by atoms with Gasteiger partial charge in [0.05, 0.1) is 19.1 Å². The molecule has 3 aromatic rings. The SMILES string of the molecule is CCOC(=O)/C=C/[C@@H](CC(=O)NC(c1ccccc1)(c1ccccc1)c1ccccc1)NC(=O)OC(C)(C)C. The van der Waals surface area contributed by atoms with Crippen molar-refractivity contribution in [2.45, 2.75) is 51.3 Å². The summed E-state index contributed by atoms with van der Waals surface area (Å²) in [6.45, 7) is 7.15. The van der Waals surface area contributed by atoms with Crippen molar-refractivity contribution < 1.29 is 23.9 Å². The Bertz CT molecular complexity index is 1160. The highest BCUT2D eigenvalue weighted by atomic mass is 16.6. The fraction of sp³-hybridized carbons (Fsp3) is 0.281. The normalized spacial score (nSPS) is 12.4. The van der Waals surface area contributed by atoms with Crippen LogP contribution in [0.2, 0.25) is 0 Å². The molecular weight excluding hydrogens is 492 g/mol. The summed E-state index contributed by atoms with van der Waals surface area (Å²) in [5, 5.41) is 5.95. The van der Waals surface area contributed by atoms with E-state index in [1.807, 2.05) is 91.0 Å². The lowest BCUT2D eigenvalue weighted by molar-refractivity contribution is -0.137. The second-order valence-electron chi connectivity index (χ2n) is 9.96. The molecule has 2 N–H and O–H groups in total. The molecule has 0 radical (unpaired) electrons. The predicted molar refractivity (Wildman–Crippen MR) is 151 cm³/mol. The van der Waals surface area contributed by atoms with Crippen LogP contribution in [0.3, 0.4) is 0 Å². The molecule has 0 aromatic heterocycles. The Labute approximate surface area is 230 Å². The molecule has 0 saturated carbocycles. The van der Waals surface area contributed by atoms with E-state index in [-0.39, 0.29) is 18.9 Å². The highest BCUT2D eigenvalue weighted by Gasteiger charge is 2.38. The van der Waals surface area contributed by atoms with Crippen molar-refractivity contribution in [3.63, 3.8) is 0 Å². The molecule has 2 amide bonds. The van der Waals surface area contributed by atoms with E-state index in [9.17, 15) is 14.4 Å². The molecule has 0 bridgehead atoms. The fourth-order valence-electron chi connectivity index (χ4n) is 4.25. The molecular formula is C32H36N2O5. The third-order valence-electron chi connectivity index (χ3n) is 5.81. The van der Waals surface area contributed by atoms with Crippen LogP contribution < -0.4 is 10.6 Å². The minimum absolute atomic E-state index is 0.149. The molecule has 7 nitrogen and oxygen atoms in total. The average molecular weight is 529 g/mol. The highest BCUT2D eigenvalue weighted by molar-refractivity contribution is 5.84.